The van der Waals surface area contributed by atoms with E-state index in [1.807, 2.05) is 0 Å². The van der Waals surface area contributed by atoms with Gasteiger partial charge < -0.3 is 25.2 Å². The maximum absolute atomic E-state index is 12.8. The average molecular weight is 860 g/mol. The number of allylic oxidation sites excluding steroid dienone is 5. The van der Waals surface area contributed by atoms with Crippen LogP contribution in [0.2, 0.25) is 0 Å². The molecule has 61 heavy (non-hydrogen) atoms. The summed E-state index contributed by atoms with van der Waals surface area (Å²) in [6, 6.07) is 2.79. The van der Waals surface area contributed by atoms with Crippen LogP contribution in [-0.2, 0) is 14.6 Å². The van der Waals surface area contributed by atoms with Crippen LogP contribution in [0.25, 0.3) is 0 Å². The lowest BCUT2D eigenvalue weighted by Crippen LogP contribution is -2.68. The first-order valence-electron chi connectivity index (χ1n) is 23.5. The molecule has 3 N–H and O–H groups in total. The van der Waals surface area contributed by atoms with Gasteiger partial charge in [0.05, 0.1) is 29.1 Å². The maximum Gasteiger partial charge on any atom is 0.335 e. The highest BCUT2D eigenvalue weighted by atomic mass is 32.2. The predicted octanol–water partition coefficient (Wildman–Crippen LogP) is 9.00. The van der Waals surface area contributed by atoms with Gasteiger partial charge in [0, 0.05) is 44.0 Å². The van der Waals surface area contributed by atoms with Gasteiger partial charge in [-0.25, -0.2) is 18.2 Å². The zero-order valence-electron chi connectivity index (χ0n) is 37.9. The number of aromatic carboxylic acids is 1. The lowest BCUT2D eigenvalue weighted by Gasteiger charge is -2.72. The van der Waals surface area contributed by atoms with Crippen LogP contribution >= 0.6 is 0 Å². The van der Waals surface area contributed by atoms with Crippen LogP contribution < -0.4 is 10.1 Å². The van der Waals surface area contributed by atoms with E-state index in [1.165, 1.54) is 86.4 Å². The molecule has 1 aliphatic heterocycles. The summed E-state index contributed by atoms with van der Waals surface area (Å²) in [6.45, 7) is 23.1. The van der Waals surface area contributed by atoms with E-state index >= 15 is 0 Å². The van der Waals surface area contributed by atoms with E-state index < -0.39 is 27.2 Å². The molecule has 0 radical (unpaired) electrons. The number of pyridine rings is 1. The van der Waals surface area contributed by atoms with Crippen LogP contribution in [-0.4, -0.2) is 90.3 Å². The quantitative estimate of drug-likeness (QED) is 0.174. The number of fused-ring (bicyclic) bond motifs is 7. The van der Waals surface area contributed by atoms with E-state index in [-0.39, 0.29) is 56.8 Å². The SMILES string of the molecule is C=C(C)C1CC[C@]2(NCCN3CCS(=O)(=O)CC3)CC[C@]3(C)[C@H](CC[C@@H]4[C@@]5(C)CC=C(C6=CCC(CCOc7cc(C(=O)O)ccn7)(C(=O)O)CC6)C(C)(C)[C@@H]5CC[C@]43C)[C@@H]12. The van der Waals surface area contributed by atoms with Gasteiger partial charge in [-0.05, 0) is 159 Å². The van der Waals surface area contributed by atoms with Gasteiger partial charge in [0.2, 0.25) is 5.88 Å². The fraction of sp³-hybridized carbons (Fsp3) is 0.740. The van der Waals surface area contributed by atoms with Crippen molar-refractivity contribution < 1.29 is 33.0 Å². The standard InChI is InChI=1S/C50H73N3O7S/c1-33(2)36-12-20-50(52-25-26-53-27-30-61(58,59)31-28-53)22-21-47(6)38(42(36)50)8-9-40-46(5)16-13-37(45(3,4)39(46)14-17-48(40,47)7)34-10-18-49(19-11-34,44(56)57)23-29-60-41-32-35(43(54)55)15-24-51-41/h10,13,15,24,32,36,38-40,42,52H,1,8-9,11-12,14,16-23,25-31H2,2-7H3,(H,54,55)(H,56,57)/t36?,38-,39+,40-,42-,46+,47-,48-,49?,50+/m1/s1. The molecule has 6 aliphatic carbocycles. The second-order valence-electron chi connectivity index (χ2n) is 22.1. The highest BCUT2D eigenvalue weighted by Crippen LogP contribution is 2.76. The predicted molar refractivity (Wildman–Crippen MR) is 239 cm³/mol. The largest absolute Gasteiger partial charge is 0.481 e. The van der Waals surface area contributed by atoms with Gasteiger partial charge in [0.25, 0.3) is 0 Å². The maximum atomic E-state index is 12.8. The molecule has 2 heterocycles. The Balaban J connectivity index is 0.982. The van der Waals surface area contributed by atoms with E-state index in [4.69, 9.17) is 4.74 Å². The molecule has 1 saturated heterocycles. The molecule has 0 aromatic carbocycles. The summed E-state index contributed by atoms with van der Waals surface area (Å²) in [6.07, 6.45) is 19.1. The second kappa shape index (κ2) is 15.9. The van der Waals surface area contributed by atoms with Crippen molar-refractivity contribution in [2.45, 2.75) is 131 Å². The number of carbonyl (C=O) groups is 2. The molecule has 8 rings (SSSR count). The molecule has 0 spiro atoms. The number of carboxylic acid groups (broad SMARTS) is 2. The van der Waals surface area contributed by atoms with Crippen LogP contribution in [0.15, 0.2) is 53.8 Å². The molecule has 336 valence electrons. The van der Waals surface area contributed by atoms with Crippen molar-refractivity contribution in [2.75, 3.05) is 44.3 Å². The number of sulfone groups is 1. The number of aliphatic carboxylic acids is 1. The summed E-state index contributed by atoms with van der Waals surface area (Å²) < 4.78 is 30.0. The van der Waals surface area contributed by atoms with Gasteiger partial charge in [-0.1, -0.05) is 58.9 Å². The molecule has 0 bridgehead atoms. The van der Waals surface area contributed by atoms with Crippen molar-refractivity contribution in [3.8, 4) is 5.88 Å². The van der Waals surface area contributed by atoms with Crippen LogP contribution in [0.1, 0.15) is 135 Å². The highest BCUT2D eigenvalue weighted by molar-refractivity contribution is 7.91. The normalized spacial score (nSPS) is 40.3. The summed E-state index contributed by atoms with van der Waals surface area (Å²) in [7, 11) is -2.89. The number of carboxylic acids is 2. The Hall–Kier alpha value is -3.02. The summed E-state index contributed by atoms with van der Waals surface area (Å²) in [4.78, 5) is 30.7. The molecular weight excluding hydrogens is 787 g/mol. The molecule has 10 nitrogen and oxygen atoms in total. The Labute approximate surface area is 365 Å². The van der Waals surface area contributed by atoms with E-state index in [9.17, 15) is 28.2 Å². The summed E-state index contributed by atoms with van der Waals surface area (Å²) in [5.41, 5.74) is 3.97. The van der Waals surface area contributed by atoms with Gasteiger partial charge in [-0.3, -0.25) is 4.79 Å². The van der Waals surface area contributed by atoms with Crippen molar-refractivity contribution in [3.05, 3.63) is 59.3 Å². The van der Waals surface area contributed by atoms with Crippen molar-refractivity contribution in [1.82, 2.24) is 15.2 Å². The number of hydrogen-bond acceptors (Lipinski definition) is 8. The number of nitrogens with zero attached hydrogens (tertiary/aromatic N) is 2. The Morgan fingerprint density at radius 2 is 1.69 bits per heavy atom. The summed E-state index contributed by atoms with van der Waals surface area (Å²) >= 11 is 0. The molecule has 1 aromatic heterocycles. The van der Waals surface area contributed by atoms with E-state index in [0.717, 1.165) is 25.9 Å². The van der Waals surface area contributed by atoms with Gasteiger partial charge in [0.1, 0.15) is 0 Å². The Morgan fingerprint density at radius 1 is 0.934 bits per heavy atom. The molecule has 7 aliphatic rings. The fourth-order valence-corrected chi connectivity index (χ4v) is 17.0. The van der Waals surface area contributed by atoms with E-state index in [2.05, 4.69) is 75.5 Å². The van der Waals surface area contributed by atoms with Gasteiger partial charge >= 0.3 is 11.9 Å². The van der Waals surface area contributed by atoms with Crippen LogP contribution in [0, 0.1) is 56.7 Å². The summed E-state index contributed by atoms with van der Waals surface area (Å²) in [5, 5.41) is 24.1. The first-order valence-corrected chi connectivity index (χ1v) is 25.3. The number of nitrogens with one attached hydrogen (secondary N) is 1. The molecule has 4 saturated carbocycles. The molecule has 5 fully saturated rings. The monoisotopic (exact) mass is 860 g/mol. The lowest BCUT2D eigenvalue weighted by molar-refractivity contribution is -0.221. The summed E-state index contributed by atoms with van der Waals surface area (Å²) in [5.74, 6) is 1.81. The van der Waals surface area contributed by atoms with E-state index in [1.54, 1.807) is 0 Å². The number of ether oxygens (including phenoxy) is 1. The number of rotatable bonds is 12. The molecule has 1 aromatic rings. The van der Waals surface area contributed by atoms with Crippen LogP contribution in [0.5, 0.6) is 5.88 Å². The highest BCUT2D eigenvalue weighted by Gasteiger charge is 2.70. The Morgan fingerprint density at radius 3 is 2.36 bits per heavy atom. The third-order valence-corrected chi connectivity index (χ3v) is 20.8. The second-order valence-corrected chi connectivity index (χ2v) is 24.4. The Bertz CT molecular complexity index is 2080. The first kappa shape index (κ1) is 44.6. The van der Waals surface area contributed by atoms with E-state index in [0.29, 0.717) is 61.9 Å². The average Bonchev–Trinajstić information content (AvgIpc) is 3.59. The molecule has 11 heteroatoms. The zero-order chi connectivity index (χ0) is 43.8. The molecular formula is C50H73N3O7S. The molecule has 2 unspecified atom stereocenters. The zero-order valence-corrected chi connectivity index (χ0v) is 38.7. The first-order chi connectivity index (χ1) is 28.7. The molecule has 10 atom stereocenters. The van der Waals surface area contributed by atoms with Gasteiger partial charge in [-0.15, -0.1) is 0 Å². The number of hydrogen-bond donors (Lipinski definition) is 3. The minimum atomic E-state index is -2.89. The van der Waals surface area contributed by atoms with Crippen LogP contribution in [0.4, 0.5) is 0 Å². The van der Waals surface area contributed by atoms with Crippen molar-refractivity contribution in [2.24, 2.45) is 56.7 Å². The third-order valence-electron chi connectivity index (χ3n) is 19.2. The smallest absolute Gasteiger partial charge is 0.335 e. The molecule has 0 amide bonds. The topological polar surface area (TPSA) is 146 Å². The minimum Gasteiger partial charge on any atom is -0.481 e. The van der Waals surface area contributed by atoms with Gasteiger partial charge in [0.15, 0.2) is 9.84 Å². The van der Waals surface area contributed by atoms with Gasteiger partial charge in [-0.2, -0.15) is 0 Å². The van der Waals surface area contributed by atoms with Crippen LogP contribution in [0.3, 0.4) is 0 Å². The minimum absolute atomic E-state index is 0.0360. The lowest BCUT2D eigenvalue weighted by atomic mass is 9.33. The Kier molecular flexibility index (Phi) is 11.6. The van der Waals surface area contributed by atoms with Crippen molar-refractivity contribution in [3.63, 3.8) is 0 Å². The third kappa shape index (κ3) is 7.46. The van der Waals surface area contributed by atoms with Crippen molar-refractivity contribution in [1.29, 1.82) is 0 Å². The fourth-order valence-electron chi connectivity index (χ4n) is 15.7. The van der Waals surface area contributed by atoms with Crippen molar-refractivity contribution >= 4 is 21.8 Å². The number of aromatic nitrogens is 1.